The maximum absolute atomic E-state index is 12.6. The number of nitrogens with one attached hydrogen (secondary N) is 1. The Balaban J connectivity index is 1.83. The average molecular weight is 282 g/mol. The molecule has 1 amide bonds. The predicted molar refractivity (Wildman–Crippen MR) is 84.4 cm³/mol. The summed E-state index contributed by atoms with van der Waals surface area (Å²) in [6, 6.07) is 13.3. The summed E-state index contributed by atoms with van der Waals surface area (Å²) < 4.78 is 5.13. The maximum atomic E-state index is 12.6. The van der Waals surface area contributed by atoms with Crippen molar-refractivity contribution in [3.63, 3.8) is 0 Å². The van der Waals surface area contributed by atoms with E-state index in [0.29, 0.717) is 5.56 Å². The molecule has 0 aromatic heterocycles. The van der Waals surface area contributed by atoms with E-state index in [1.165, 1.54) is 5.56 Å². The molecule has 1 heterocycles. The second kappa shape index (κ2) is 5.48. The minimum absolute atomic E-state index is 0.0170. The number of fused-ring (bicyclic) bond motifs is 1. The first-order valence-electron chi connectivity index (χ1n) is 6.98. The summed E-state index contributed by atoms with van der Waals surface area (Å²) in [6.45, 7) is 0.946. The zero-order valence-electron chi connectivity index (χ0n) is 12.2. The van der Waals surface area contributed by atoms with Gasteiger partial charge < -0.3 is 15.0 Å². The fraction of sp³-hybridized carbons (Fsp3) is 0.235. The summed E-state index contributed by atoms with van der Waals surface area (Å²) in [5.74, 6) is 0.762. The number of carbonyl (C=O) groups is 1. The number of carbonyl (C=O) groups excluding carboxylic acids is 1. The van der Waals surface area contributed by atoms with Crippen LogP contribution in [0.3, 0.4) is 0 Å². The first-order chi connectivity index (χ1) is 10.2. The number of benzene rings is 2. The van der Waals surface area contributed by atoms with Crippen LogP contribution in [-0.2, 0) is 6.42 Å². The van der Waals surface area contributed by atoms with Gasteiger partial charge >= 0.3 is 0 Å². The Morgan fingerprint density at radius 3 is 2.67 bits per heavy atom. The van der Waals surface area contributed by atoms with Crippen LogP contribution in [0.25, 0.3) is 0 Å². The summed E-state index contributed by atoms with van der Waals surface area (Å²) >= 11 is 0. The molecule has 0 fully saturated rings. The monoisotopic (exact) mass is 282 g/mol. The maximum Gasteiger partial charge on any atom is 0.258 e. The second-order valence-corrected chi connectivity index (χ2v) is 5.11. The van der Waals surface area contributed by atoms with Crippen LogP contribution in [0.4, 0.5) is 11.4 Å². The summed E-state index contributed by atoms with van der Waals surface area (Å²) in [5.41, 5.74) is 3.89. The van der Waals surface area contributed by atoms with Crippen molar-refractivity contribution in [1.82, 2.24) is 0 Å². The van der Waals surface area contributed by atoms with Crippen molar-refractivity contribution in [1.29, 1.82) is 0 Å². The van der Waals surface area contributed by atoms with Gasteiger partial charge in [0.2, 0.25) is 0 Å². The third-order valence-electron chi connectivity index (χ3n) is 3.83. The molecule has 0 atom stereocenters. The topological polar surface area (TPSA) is 41.6 Å². The number of nitrogens with zero attached hydrogens (tertiary/aromatic N) is 1. The fourth-order valence-corrected chi connectivity index (χ4v) is 2.54. The van der Waals surface area contributed by atoms with E-state index < -0.39 is 0 Å². The first kappa shape index (κ1) is 13.5. The largest absolute Gasteiger partial charge is 0.497 e. The molecule has 1 aliphatic heterocycles. The Labute approximate surface area is 124 Å². The molecule has 0 saturated carbocycles. The molecule has 0 aliphatic carbocycles. The molecule has 0 unspecified atom stereocenters. The fourth-order valence-electron chi connectivity index (χ4n) is 2.54. The van der Waals surface area contributed by atoms with Gasteiger partial charge in [0.05, 0.1) is 7.11 Å². The summed E-state index contributed by atoms with van der Waals surface area (Å²) in [7, 11) is 3.41. The number of hydrogen-bond acceptors (Lipinski definition) is 3. The van der Waals surface area contributed by atoms with Gasteiger partial charge in [0.15, 0.2) is 0 Å². The van der Waals surface area contributed by atoms with Crippen LogP contribution in [0.15, 0.2) is 42.5 Å². The van der Waals surface area contributed by atoms with E-state index in [4.69, 9.17) is 4.74 Å². The lowest BCUT2D eigenvalue weighted by Crippen LogP contribution is -2.26. The van der Waals surface area contributed by atoms with Gasteiger partial charge in [-0.2, -0.15) is 0 Å². The van der Waals surface area contributed by atoms with Gasteiger partial charge in [0.1, 0.15) is 5.75 Å². The molecule has 0 radical (unpaired) electrons. The van der Waals surface area contributed by atoms with Crippen LogP contribution in [0.2, 0.25) is 0 Å². The van der Waals surface area contributed by atoms with E-state index in [0.717, 1.165) is 30.1 Å². The molecule has 0 saturated heterocycles. The summed E-state index contributed by atoms with van der Waals surface area (Å²) in [5, 5.41) is 3.30. The molecule has 2 aromatic rings. The minimum atomic E-state index is -0.0170. The second-order valence-electron chi connectivity index (χ2n) is 5.11. The van der Waals surface area contributed by atoms with Crippen molar-refractivity contribution >= 4 is 17.3 Å². The normalized spacial score (nSPS) is 12.5. The first-order valence-corrected chi connectivity index (χ1v) is 6.98. The number of methoxy groups -OCH3 is 1. The van der Waals surface area contributed by atoms with E-state index in [1.54, 1.807) is 19.1 Å². The van der Waals surface area contributed by atoms with Crippen molar-refractivity contribution in [2.24, 2.45) is 0 Å². The van der Waals surface area contributed by atoms with Crippen LogP contribution in [-0.4, -0.2) is 26.6 Å². The van der Waals surface area contributed by atoms with E-state index in [1.807, 2.05) is 42.5 Å². The van der Waals surface area contributed by atoms with Crippen LogP contribution in [0, 0.1) is 0 Å². The molecular weight excluding hydrogens is 264 g/mol. The third-order valence-corrected chi connectivity index (χ3v) is 3.83. The van der Waals surface area contributed by atoms with Gasteiger partial charge in [0.25, 0.3) is 5.91 Å². The smallest absolute Gasteiger partial charge is 0.258 e. The van der Waals surface area contributed by atoms with Gasteiger partial charge in [-0.05, 0) is 48.4 Å². The zero-order chi connectivity index (χ0) is 14.8. The van der Waals surface area contributed by atoms with Crippen LogP contribution >= 0.6 is 0 Å². The van der Waals surface area contributed by atoms with Gasteiger partial charge in [0, 0.05) is 30.5 Å². The third kappa shape index (κ3) is 2.57. The van der Waals surface area contributed by atoms with E-state index in [2.05, 4.69) is 5.32 Å². The highest BCUT2D eigenvalue weighted by atomic mass is 16.5. The molecule has 1 N–H and O–H groups in total. The lowest BCUT2D eigenvalue weighted by Gasteiger charge is -2.18. The Hall–Kier alpha value is -2.49. The van der Waals surface area contributed by atoms with Crippen molar-refractivity contribution in [2.75, 3.05) is 30.9 Å². The van der Waals surface area contributed by atoms with Crippen LogP contribution in [0.1, 0.15) is 15.9 Å². The highest BCUT2D eigenvalue weighted by Crippen LogP contribution is 2.25. The lowest BCUT2D eigenvalue weighted by molar-refractivity contribution is 0.0993. The lowest BCUT2D eigenvalue weighted by atomic mass is 10.1. The summed E-state index contributed by atoms with van der Waals surface area (Å²) in [4.78, 5) is 14.2. The molecular formula is C17H18N2O2. The minimum Gasteiger partial charge on any atom is -0.497 e. The van der Waals surface area contributed by atoms with Crippen molar-refractivity contribution in [3.8, 4) is 5.75 Å². The highest BCUT2D eigenvalue weighted by Gasteiger charge is 2.17. The molecule has 4 nitrogen and oxygen atoms in total. The Morgan fingerprint density at radius 2 is 1.95 bits per heavy atom. The van der Waals surface area contributed by atoms with Gasteiger partial charge in [-0.1, -0.05) is 6.07 Å². The molecule has 4 heteroatoms. The Morgan fingerprint density at radius 1 is 1.19 bits per heavy atom. The van der Waals surface area contributed by atoms with Gasteiger partial charge in [-0.15, -0.1) is 0 Å². The Bertz CT molecular complexity index is 665. The average Bonchev–Trinajstić information content (AvgIpc) is 3.01. The van der Waals surface area contributed by atoms with Gasteiger partial charge in [-0.3, -0.25) is 4.79 Å². The predicted octanol–water partition coefficient (Wildman–Crippen LogP) is 2.94. The van der Waals surface area contributed by atoms with Crippen LogP contribution < -0.4 is 15.0 Å². The molecule has 1 aliphatic rings. The highest BCUT2D eigenvalue weighted by molar-refractivity contribution is 6.06. The van der Waals surface area contributed by atoms with Crippen LogP contribution in [0.5, 0.6) is 5.75 Å². The number of rotatable bonds is 3. The zero-order valence-corrected chi connectivity index (χ0v) is 12.2. The molecule has 3 rings (SSSR count). The van der Waals surface area contributed by atoms with Crippen molar-refractivity contribution in [3.05, 3.63) is 53.6 Å². The summed E-state index contributed by atoms with van der Waals surface area (Å²) in [6.07, 6.45) is 1.03. The number of ether oxygens (including phenoxy) is 1. The molecule has 108 valence electrons. The molecule has 2 aromatic carbocycles. The van der Waals surface area contributed by atoms with E-state index in [-0.39, 0.29) is 5.91 Å². The Kier molecular flexibility index (Phi) is 3.52. The van der Waals surface area contributed by atoms with Gasteiger partial charge in [-0.25, -0.2) is 0 Å². The molecule has 0 bridgehead atoms. The number of amides is 1. The standard InChI is InChI=1S/C17H18N2O2/c1-19(14-5-7-15(21-2)8-6-14)17(20)13-4-3-12-9-10-18-16(12)11-13/h3-8,11,18H,9-10H2,1-2H3. The van der Waals surface area contributed by atoms with Crippen molar-refractivity contribution in [2.45, 2.75) is 6.42 Å². The number of hydrogen-bond donors (Lipinski definition) is 1. The number of anilines is 2. The molecule has 0 spiro atoms. The molecule has 21 heavy (non-hydrogen) atoms. The quantitative estimate of drug-likeness (QED) is 0.941. The van der Waals surface area contributed by atoms with Crippen molar-refractivity contribution < 1.29 is 9.53 Å². The van der Waals surface area contributed by atoms with E-state index >= 15 is 0 Å². The van der Waals surface area contributed by atoms with E-state index in [9.17, 15) is 4.79 Å². The SMILES string of the molecule is COc1ccc(N(C)C(=O)c2ccc3c(c2)NCC3)cc1.